The fraction of sp³-hybridized carbons (Fsp3) is 0.619. The van der Waals surface area contributed by atoms with Gasteiger partial charge in [-0.15, -0.1) is 0 Å². The molecule has 1 aromatic heterocycles. The molecule has 3 fully saturated rings. The molecule has 2 aliphatic heterocycles. The van der Waals surface area contributed by atoms with Gasteiger partial charge in [0.1, 0.15) is 5.82 Å². The van der Waals surface area contributed by atoms with Crippen LogP contribution in [-0.2, 0) is 0 Å². The van der Waals surface area contributed by atoms with Crippen molar-refractivity contribution < 1.29 is 0 Å². The number of hydrogen-bond acceptors (Lipinski definition) is 4. The zero-order valence-corrected chi connectivity index (χ0v) is 15.5. The first-order chi connectivity index (χ1) is 12.2. The summed E-state index contributed by atoms with van der Waals surface area (Å²) in [5.74, 6) is 4.28. The molecule has 3 heterocycles. The molecule has 2 bridgehead atoms. The summed E-state index contributed by atoms with van der Waals surface area (Å²) in [6.45, 7) is 7.75. The lowest BCUT2D eigenvalue weighted by Gasteiger charge is -2.25. The molecular weight excluding hydrogens is 308 g/mol. The maximum Gasteiger partial charge on any atom is 0.225 e. The molecule has 0 unspecified atom stereocenters. The van der Waals surface area contributed by atoms with Gasteiger partial charge in [-0.1, -0.05) is 26.0 Å². The molecule has 3 aliphatic rings. The molecule has 1 aromatic carbocycles. The number of para-hydroxylation sites is 1. The largest absolute Gasteiger partial charge is 0.355 e. The van der Waals surface area contributed by atoms with E-state index >= 15 is 0 Å². The Morgan fingerprint density at radius 3 is 2.40 bits per heavy atom. The first kappa shape index (κ1) is 16.6. The van der Waals surface area contributed by atoms with E-state index in [0.717, 1.165) is 55.2 Å². The van der Waals surface area contributed by atoms with Gasteiger partial charge >= 0.3 is 0 Å². The molecule has 2 aromatic rings. The van der Waals surface area contributed by atoms with Crippen molar-refractivity contribution in [3.05, 3.63) is 24.3 Å². The van der Waals surface area contributed by atoms with E-state index in [9.17, 15) is 0 Å². The number of rotatable bonds is 5. The molecule has 25 heavy (non-hydrogen) atoms. The monoisotopic (exact) mass is 338 g/mol. The number of anilines is 2. The van der Waals surface area contributed by atoms with Crippen LogP contribution in [0.15, 0.2) is 24.3 Å². The molecule has 4 heteroatoms. The van der Waals surface area contributed by atoms with Crippen molar-refractivity contribution in [2.75, 3.05) is 29.9 Å². The summed E-state index contributed by atoms with van der Waals surface area (Å²) in [5, 5.41) is 4.65. The highest BCUT2D eigenvalue weighted by atomic mass is 15.2. The van der Waals surface area contributed by atoms with Gasteiger partial charge in [-0.25, -0.2) is 4.98 Å². The third-order valence-corrected chi connectivity index (χ3v) is 5.81. The predicted octanol–water partition coefficient (Wildman–Crippen LogP) is 4.71. The molecule has 1 saturated carbocycles. The summed E-state index contributed by atoms with van der Waals surface area (Å²) in [6.07, 6.45) is 6.71. The Kier molecular flexibility index (Phi) is 4.78. The van der Waals surface area contributed by atoms with E-state index < -0.39 is 0 Å². The summed E-state index contributed by atoms with van der Waals surface area (Å²) >= 11 is 0. The molecule has 4 nitrogen and oxygen atoms in total. The second kappa shape index (κ2) is 7.19. The first-order valence-electron chi connectivity index (χ1n) is 9.94. The van der Waals surface area contributed by atoms with E-state index in [4.69, 9.17) is 9.97 Å². The lowest BCUT2D eigenvalue weighted by Crippen LogP contribution is -2.29. The van der Waals surface area contributed by atoms with Crippen LogP contribution in [0.1, 0.15) is 46.0 Å². The third-order valence-electron chi connectivity index (χ3n) is 5.81. The van der Waals surface area contributed by atoms with Crippen molar-refractivity contribution in [2.24, 2.45) is 17.8 Å². The summed E-state index contributed by atoms with van der Waals surface area (Å²) < 4.78 is 0. The molecule has 0 amide bonds. The number of nitrogens with one attached hydrogen (secondary N) is 1. The lowest BCUT2D eigenvalue weighted by atomic mass is 9.84. The number of benzene rings is 1. The summed E-state index contributed by atoms with van der Waals surface area (Å²) in [4.78, 5) is 12.3. The van der Waals surface area contributed by atoms with Crippen LogP contribution < -0.4 is 10.2 Å². The van der Waals surface area contributed by atoms with Gasteiger partial charge in [0, 0.05) is 25.0 Å². The van der Waals surface area contributed by atoms with Crippen LogP contribution in [0, 0.1) is 17.8 Å². The van der Waals surface area contributed by atoms with Crippen LogP contribution in [0.2, 0.25) is 0 Å². The van der Waals surface area contributed by atoms with Gasteiger partial charge in [-0.3, -0.25) is 0 Å². The predicted molar refractivity (Wildman–Crippen MR) is 105 cm³/mol. The number of hydrogen-bond donors (Lipinski definition) is 1. The second-order valence-electron chi connectivity index (χ2n) is 8.29. The fourth-order valence-corrected chi connectivity index (χ4v) is 4.32. The molecule has 134 valence electrons. The van der Waals surface area contributed by atoms with Gasteiger partial charge in [-0.05, 0) is 62.0 Å². The van der Waals surface area contributed by atoms with E-state index in [1.807, 2.05) is 0 Å². The SMILES string of the molecule is CC(C)CCNc1nc(N2CC3CCC(CC3)C2)c2ccccc2n1. The summed E-state index contributed by atoms with van der Waals surface area (Å²) in [5.41, 5.74) is 1.05. The number of aromatic nitrogens is 2. The van der Waals surface area contributed by atoms with Crippen molar-refractivity contribution >= 4 is 22.7 Å². The maximum absolute atomic E-state index is 4.96. The molecule has 1 aliphatic carbocycles. The van der Waals surface area contributed by atoms with Gasteiger partial charge in [0.05, 0.1) is 5.52 Å². The van der Waals surface area contributed by atoms with Crippen LogP contribution >= 0.6 is 0 Å². The zero-order valence-electron chi connectivity index (χ0n) is 15.5. The minimum atomic E-state index is 0.689. The van der Waals surface area contributed by atoms with E-state index in [-0.39, 0.29) is 0 Å². The number of fused-ring (bicyclic) bond motifs is 5. The summed E-state index contributed by atoms with van der Waals surface area (Å²) in [6, 6.07) is 8.46. The van der Waals surface area contributed by atoms with E-state index in [1.54, 1.807) is 0 Å². The minimum absolute atomic E-state index is 0.689. The molecule has 1 N–H and O–H groups in total. The topological polar surface area (TPSA) is 41.1 Å². The van der Waals surface area contributed by atoms with Crippen molar-refractivity contribution in [3.8, 4) is 0 Å². The molecule has 0 atom stereocenters. The highest BCUT2D eigenvalue weighted by Gasteiger charge is 2.30. The van der Waals surface area contributed by atoms with Crippen LogP contribution in [0.4, 0.5) is 11.8 Å². The quantitative estimate of drug-likeness (QED) is 0.857. The van der Waals surface area contributed by atoms with Gasteiger partial charge in [0.15, 0.2) is 0 Å². The Balaban J connectivity index is 1.66. The maximum atomic E-state index is 4.96. The molecular formula is C21H30N4. The van der Waals surface area contributed by atoms with Crippen molar-refractivity contribution in [2.45, 2.75) is 46.0 Å². The van der Waals surface area contributed by atoms with Crippen molar-refractivity contribution in [3.63, 3.8) is 0 Å². The van der Waals surface area contributed by atoms with Crippen LogP contribution in [0.3, 0.4) is 0 Å². The Morgan fingerprint density at radius 2 is 1.72 bits per heavy atom. The van der Waals surface area contributed by atoms with Gasteiger partial charge in [-0.2, -0.15) is 4.98 Å². The molecule has 5 rings (SSSR count). The lowest BCUT2D eigenvalue weighted by molar-refractivity contribution is 0.326. The first-order valence-corrected chi connectivity index (χ1v) is 9.94. The van der Waals surface area contributed by atoms with Gasteiger partial charge < -0.3 is 10.2 Å². The fourth-order valence-electron chi connectivity index (χ4n) is 4.32. The second-order valence-corrected chi connectivity index (χ2v) is 8.29. The van der Waals surface area contributed by atoms with Crippen LogP contribution in [0.25, 0.3) is 10.9 Å². The number of nitrogens with zero attached hydrogens (tertiary/aromatic N) is 3. The minimum Gasteiger partial charge on any atom is -0.355 e. The highest BCUT2D eigenvalue weighted by molar-refractivity contribution is 5.90. The standard InChI is InChI=1S/C21H30N4/c1-15(2)11-12-22-21-23-19-6-4-3-5-18(19)20(24-21)25-13-16-7-8-17(14-25)10-9-16/h3-6,15-17H,7-14H2,1-2H3,(H,22,23,24). The van der Waals surface area contributed by atoms with E-state index in [1.165, 1.54) is 31.1 Å². The Labute approximate surface area is 151 Å². The molecule has 2 saturated heterocycles. The normalized spacial score (nSPS) is 23.2. The smallest absolute Gasteiger partial charge is 0.225 e. The Morgan fingerprint density at radius 1 is 1.04 bits per heavy atom. The van der Waals surface area contributed by atoms with Crippen molar-refractivity contribution in [1.82, 2.24) is 9.97 Å². The van der Waals surface area contributed by atoms with Crippen LogP contribution in [-0.4, -0.2) is 29.6 Å². The highest BCUT2D eigenvalue weighted by Crippen LogP contribution is 2.37. The molecule has 0 spiro atoms. The molecule has 0 radical (unpaired) electrons. The zero-order chi connectivity index (χ0) is 17.2. The van der Waals surface area contributed by atoms with E-state index in [0.29, 0.717) is 5.92 Å². The van der Waals surface area contributed by atoms with Crippen molar-refractivity contribution in [1.29, 1.82) is 0 Å². The third kappa shape index (κ3) is 3.73. The average molecular weight is 338 g/mol. The summed E-state index contributed by atoms with van der Waals surface area (Å²) in [7, 11) is 0. The van der Waals surface area contributed by atoms with Gasteiger partial charge in [0.25, 0.3) is 0 Å². The van der Waals surface area contributed by atoms with Gasteiger partial charge in [0.2, 0.25) is 5.95 Å². The van der Waals surface area contributed by atoms with Crippen LogP contribution in [0.5, 0.6) is 0 Å². The Hall–Kier alpha value is -1.84. The van der Waals surface area contributed by atoms with E-state index in [2.05, 4.69) is 48.3 Å². The average Bonchev–Trinajstić information content (AvgIpc) is 2.94. The Bertz CT molecular complexity index is 705.